The molecule has 1 heterocycles. The van der Waals surface area contributed by atoms with Gasteiger partial charge in [-0.2, -0.15) is 22.0 Å². The van der Waals surface area contributed by atoms with Gasteiger partial charge >= 0.3 is 12.1 Å². The predicted octanol–water partition coefficient (Wildman–Crippen LogP) is 8.98. The molecule has 0 aliphatic carbocycles. The highest BCUT2D eigenvalue weighted by Crippen LogP contribution is 2.49. The Hall–Kier alpha value is -2.84. The lowest BCUT2D eigenvalue weighted by Gasteiger charge is -2.43. The molecular formula is C31H39F5O4. The van der Waals surface area contributed by atoms with Gasteiger partial charge in [0, 0.05) is 36.7 Å². The maximum Gasteiger partial charge on any atom is 0.453 e. The summed E-state index contributed by atoms with van der Waals surface area (Å²) < 4.78 is 68.4. The second-order valence-corrected chi connectivity index (χ2v) is 11.1. The largest absolute Gasteiger partial charge is 0.508 e. The molecule has 2 N–H and O–H groups in total. The SMILES string of the molecule is CC1(c2ccc(O)cc2)COc2cc(O)ccc2C1CCCCCCCCC(=O)CCCCC(F)(F)C(F)(F)F. The fourth-order valence-corrected chi connectivity index (χ4v) is 5.52. The van der Waals surface area contributed by atoms with Crippen LogP contribution < -0.4 is 4.74 Å². The van der Waals surface area contributed by atoms with Gasteiger partial charge in [0.15, 0.2) is 0 Å². The highest BCUT2D eigenvalue weighted by Gasteiger charge is 2.56. The molecule has 1 aliphatic rings. The third-order valence-electron chi connectivity index (χ3n) is 8.01. The van der Waals surface area contributed by atoms with Crippen molar-refractivity contribution in [2.75, 3.05) is 6.61 Å². The predicted molar refractivity (Wildman–Crippen MR) is 143 cm³/mol. The first-order valence-corrected chi connectivity index (χ1v) is 14.0. The Balaban J connectivity index is 1.38. The van der Waals surface area contributed by atoms with Gasteiger partial charge in [-0.1, -0.05) is 57.2 Å². The molecule has 3 rings (SSSR count). The number of benzene rings is 2. The van der Waals surface area contributed by atoms with Crippen LogP contribution in [0.4, 0.5) is 22.0 Å². The third kappa shape index (κ3) is 8.33. The summed E-state index contributed by atoms with van der Waals surface area (Å²) in [6, 6.07) is 12.5. The monoisotopic (exact) mass is 570 g/mol. The molecule has 0 saturated heterocycles. The van der Waals surface area contributed by atoms with Gasteiger partial charge in [-0.25, -0.2) is 0 Å². The highest BCUT2D eigenvalue weighted by atomic mass is 19.4. The minimum absolute atomic E-state index is 0.0398. The lowest BCUT2D eigenvalue weighted by Crippen LogP contribution is -2.40. The van der Waals surface area contributed by atoms with E-state index in [2.05, 4.69) is 6.92 Å². The molecule has 0 radical (unpaired) electrons. The quantitative estimate of drug-likeness (QED) is 0.166. The zero-order chi connectivity index (χ0) is 29.4. The number of ketones is 1. The van der Waals surface area contributed by atoms with Crippen LogP contribution in [0.3, 0.4) is 0 Å². The summed E-state index contributed by atoms with van der Waals surface area (Å²) >= 11 is 0. The van der Waals surface area contributed by atoms with Crippen LogP contribution in [0.5, 0.6) is 17.2 Å². The number of phenolic OH excluding ortho intramolecular Hbond substituents is 2. The minimum Gasteiger partial charge on any atom is -0.508 e. The molecule has 2 atom stereocenters. The molecule has 40 heavy (non-hydrogen) atoms. The number of hydrogen-bond donors (Lipinski definition) is 2. The molecule has 0 amide bonds. The Morgan fingerprint density at radius 1 is 0.850 bits per heavy atom. The number of carbonyl (C=O) groups excluding carboxylic acids is 1. The van der Waals surface area contributed by atoms with Crippen molar-refractivity contribution in [3.05, 3.63) is 53.6 Å². The fourth-order valence-electron chi connectivity index (χ4n) is 5.52. The van der Waals surface area contributed by atoms with Gasteiger partial charge in [0.1, 0.15) is 23.0 Å². The number of ether oxygens (including phenoxy) is 1. The zero-order valence-corrected chi connectivity index (χ0v) is 22.9. The van der Waals surface area contributed by atoms with Crippen LogP contribution in [-0.4, -0.2) is 34.7 Å². The molecule has 0 spiro atoms. The van der Waals surface area contributed by atoms with Gasteiger partial charge in [0.2, 0.25) is 0 Å². The number of phenols is 2. The first-order valence-electron chi connectivity index (χ1n) is 14.0. The standard InChI is InChI=1S/C31H39F5O4/c1-29(22-13-15-24(38)16-14-22)21-40-28-20-25(39)17-18-26(28)27(29)12-7-5-3-2-4-6-10-23(37)11-8-9-19-30(32,33)31(34,35)36/h13-18,20,27,38-39H,2-12,19,21H2,1H3. The minimum atomic E-state index is -5.54. The van der Waals surface area contributed by atoms with Crippen LogP contribution in [0.25, 0.3) is 0 Å². The third-order valence-corrected chi connectivity index (χ3v) is 8.01. The summed E-state index contributed by atoms with van der Waals surface area (Å²) in [6.45, 7) is 2.62. The Labute approximate surface area is 232 Å². The fraction of sp³-hybridized carbons (Fsp3) is 0.581. The number of fused-ring (bicyclic) bond motifs is 1. The number of Topliss-reactive ketones (excluding diaryl/α,β-unsaturated/α-hetero) is 1. The van der Waals surface area contributed by atoms with E-state index < -0.39 is 18.5 Å². The Morgan fingerprint density at radius 3 is 2.08 bits per heavy atom. The van der Waals surface area contributed by atoms with E-state index in [1.165, 1.54) is 0 Å². The molecule has 0 aromatic heterocycles. The first-order chi connectivity index (χ1) is 18.8. The Bertz CT molecular complexity index is 1100. The molecule has 2 aromatic rings. The van der Waals surface area contributed by atoms with Crippen molar-refractivity contribution in [1.82, 2.24) is 0 Å². The smallest absolute Gasteiger partial charge is 0.453 e. The summed E-state index contributed by atoms with van der Waals surface area (Å²) in [5.41, 5.74) is 1.83. The number of unbranched alkanes of at least 4 members (excludes halogenated alkanes) is 6. The van der Waals surface area contributed by atoms with Crippen molar-refractivity contribution in [2.45, 2.75) is 107 Å². The van der Waals surface area contributed by atoms with E-state index in [9.17, 15) is 37.0 Å². The first kappa shape index (κ1) is 31.7. The van der Waals surface area contributed by atoms with Crippen LogP contribution in [0, 0.1) is 0 Å². The average molecular weight is 571 g/mol. The van der Waals surface area contributed by atoms with Crippen LogP contribution in [0.15, 0.2) is 42.5 Å². The molecule has 0 bridgehead atoms. The summed E-state index contributed by atoms with van der Waals surface area (Å²) in [7, 11) is 0. The normalized spacial score (nSPS) is 19.2. The number of aromatic hydroxyl groups is 2. The maximum atomic E-state index is 12.9. The summed E-state index contributed by atoms with van der Waals surface area (Å²) in [6.07, 6.45) is -0.308. The number of halogens is 5. The number of carbonyl (C=O) groups is 1. The van der Waals surface area contributed by atoms with E-state index in [1.807, 2.05) is 18.2 Å². The molecule has 2 aromatic carbocycles. The second-order valence-electron chi connectivity index (χ2n) is 11.1. The van der Waals surface area contributed by atoms with E-state index in [1.54, 1.807) is 24.3 Å². The van der Waals surface area contributed by atoms with Gasteiger partial charge in [-0.15, -0.1) is 0 Å². The lowest BCUT2D eigenvalue weighted by atomic mass is 9.66. The molecule has 0 saturated carbocycles. The average Bonchev–Trinajstić information content (AvgIpc) is 2.89. The van der Waals surface area contributed by atoms with E-state index >= 15 is 0 Å². The highest BCUT2D eigenvalue weighted by molar-refractivity contribution is 5.78. The molecule has 0 fully saturated rings. The van der Waals surface area contributed by atoms with Crippen molar-refractivity contribution in [1.29, 1.82) is 0 Å². The molecule has 2 unspecified atom stereocenters. The molecule has 4 nitrogen and oxygen atoms in total. The van der Waals surface area contributed by atoms with Crippen LogP contribution in [0.1, 0.15) is 101 Å². The van der Waals surface area contributed by atoms with Crippen molar-refractivity contribution < 1.29 is 41.7 Å². The van der Waals surface area contributed by atoms with Crippen molar-refractivity contribution in [3.8, 4) is 17.2 Å². The van der Waals surface area contributed by atoms with E-state index in [0.717, 1.165) is 49.7 Å². The van der Waals surface area contributed by atoms with Crippen LogP contribution in [0.2, 0.25) is 0 Å². The van der Waals surface area contributed by atoms with Gasteiger partial charge in [-0.05, 0) is 55.0 Å². The van der Waals surface area contributed by atoms with Crippen molar-refractivity contribution in [3.63, 3.8) is 0 Å². The number of alkyl halides is 5. The number of hydrogen-bond acceptors (Lipinski definition) is 4. The van der Waals surface area contributed by atoms with E-state index in [0.29, 0.717) is 25.2 Å². The van der Waals surface area contributed by atoms with Crippen molar-refractivity contribution >= 4 is 5.78 Å². The van der Waals surface area contributed by atoms with Gasteiger partial charge < -0.3 is 14.9 Å². The zero-order valence-electron chi connectivity index (χ0n) is 22.9. The second kappa shape index (κ2) is 13.7. The van der Waals surface area contributed by atoms with E-state index in [-0.39, 0.29) is 47.9 Å². The van der Waals surface area contributed by atoms with Gasteiger partial charge in [0.25, 0.3) is 0 Å². The van der Waals surface area contributed by atoms with Crippen LogP contribution in [-0.2, 0) is 10.2 Å². The lowest BCUT2D eigenvalue weighted by molar-refractivity contribution is -0.284. The van der Waals surface area contributed by atoms with Gasteiger partial charge in [-0.3, -0.25) is 4.79 Å². The van der Waals surface area contributed by atoms with Crippen LogP contribution >= 0.6 is 0 Å². The van der Waals surface area contributed by atoms with Gasteiger partial charge in [0.05, 0.1) is 6.61 Å². The summed E-state index contributed by atoms with van der Waals surface area (Å²) in [5.74, 6) is -3.56. The molecule has 9 heteroatoms. The molecule has 1 aliphatic heterocycles. The summed E-state index contributed by atoms with van der Waals surface area (Å²) in [5, 5.41) is 19.7. The van der Waals surface area contributed by atoms with E-state index in [4.69, 9.17) is 4.74 Å². The molecule has 222 valence electrons. The number of rotatable bonds is 15. The topological polar surface area (TPSA) is 66.8 Å². The van der Waals surface area contributed by atoms with Crippen molar-refractivity contribution in [2.24, 2.45) is 0 Å². The summed E-state index contributed by atoms with van der Waals surface area (Å²) in [4.78, 5) is 11.9. The Kier molecular flexibility index (Phi) is 10.8. The molecular weight excluding hydrogens is 531 g/mol. The Morgan fingerprint density at radius 2 is 1.43 bits per heavy atom. The maximum absolute atomic E-state index is 12.9.